The quantitative estimate of drug-likeness (QED) is 0.476. The number of non-ortho nitro benzene ring substituents is 1. The van der Waals surface area contributed by atoms with Gasteiger partial charge in [-0.15, -0.1) is 0 Å². The number of cyclic esters (lactones) is 1. The fraction of sp³-hybridized carbons (Fsp3) is 0.273. The van der Waals surface area contributed by atoms with Crippen LogP contribution in [0.5, 0.6) is 0 Å². The molecule has 0 unspecified atom stereocenters. The molecule has 8 heteroatoms. The van der Waals surface area contributed by atoms with Crippen molar-refractivity contribution in [2.24, 2.45) is 0 Å². The average Bonchev–Trinajstić information content (AvgIpc) is 2.74. The van der Waals surface area contributed by atoms with Crippen LogP contribution < -0.4 is 0 Å². The molecule has 0 aliphatic carbocycles. The standard InChI is InChI=1S/C11H8ClNO6/c12-8-5-6(13(16)17)1-2-7(8)10(14)19-9-3-4-18-11(9)15/h1-2,5,9H,3-4H2/t9-/m1/s1. The fourth-order valence-electron chi connectivity index (χ4n) is 1.56. The highest BCUT2D eigenvalue weighted by Crippen LogP contribution is 2.24. The van der Waals surface area contributed by atoms with Crippen LogP contribution in [0, 0.1) is 10.1 Å². The van der Waals surface area contributed by atoms with Gasteiger partial charge in [0.2, 0.25) is 6.10 Å². The van der Waals surface area contributed by atoms with Crippen LogP contribution >= 0.6 is 11.6 Å². The Morgan fingerprint density at radius 1 is 1.53 bits per heavy atom. The molecule has 1 fully saturated rings. The van der Waals surface area contributed by atoms with Crippen molar-refractivity contribution in [3.05, 3.63) is 38.9 Å². The summed E-state index contributed by atoms with van der Waals surface area (Å²) in [5.74, 6) is -1.42. The Bertz CT molecular complexity index is 558. The maximum atomic E-state index is 11.8. The van der Waals surface area contributed by atoms with E-state index in [1.165, 1.54) is 6.07 Å². The fourth-order valence-corrected chi connectivity index (χ4v) is 1.81. The Balaban J connectivity index is 2.15. The number of carbonyl (C=O) groups excluding carboxylic acids is 2. The zero-order valence-electron chi connectivity index (χ0n) is 9.50. The van der Waals surface area contributed by atoms with E-state index in [1.54, 1.807) is 0 Å². The lowest BCUT2D eigenvalue weighted by Crippen LogP contribution is -2.22. The predicted octanol–water partition coefficient (Wildman–Crippen LogP) is 1.72. The molecule has 0 N–H and O–H groups in total. The van der Waals surface area contributed by atoms with E-state index in [0.29, 0.717) is 0 Å². The number of nitro groups is 1. The molecule has 0 radical (unpaired) electrons. The number of hydrogen-bond acceptors (Lipinski definition) is 6. The average molecular weight is 286 g/mol. The van der Waals surface area contributed by atoms with Gasteiger partial charge in [0.05, 0.1) is 22.1 Å². The molecule has 2 rings (SSSR count). The lowest BCUT2D eigenvalue weighted by molar-refractivity contribution is -0.384. The van der Waals surface area contributed by atoms with E-state index in [0.717, 1.165) is 12.1 Å². The lowest BCUT2D eigenvalue weighted by atomic mass is 10.2. The summed E-state index contributed by atoms with van der Waals surface area (Å²) in [6.07, 6.45) is -0.659. The molecular weight excluding hydrogens is 278 g/mol. The zero-order chi connectivity index (χ0) is 14.0. The van der Waals surface area contributed by atoms with Crippen LogP contribution in [-0.4, -0.2) is 29.6 Å². The second kappa shape index (κ2) is 5.23. The van der Waals surface area contributed by atoms with Crippen LogP contribution in [0.15, 0.2) is 18.2 Å². The first-order chi connectivity index (χ1) is 8.99. The maximum absolute atomic E-state index is 11.8. The molecule has 0 spiro atoms. The molecule has 1 aromatic carbocycles. The van der Waals surface area contributed by atoms with E-state index in [1.807, 2.05) is 0 Å². The molecule has 0 bridgehead atoms. The molecule has 1 atom stereocenters. The second-order valence-electron chi connectivity index (χ2n) is 3.77. The summed E-state index contributed by atoms with van der Waals surface area (Å²) in [5.41, 5.74) is -0.270. The van der Waals surface area contributed by atoms with Crippen molar-refractivity contribution >= 4 is 29.2 Å². The minimum absolute atomic E-state index is 0.0352. The number of rotatable bonds is 3. The third-order valence-electron chi connectivity index (χ3n) is 2.52. The normalized spacial score (nSPS) is 17.9. The van der Waals surface area contributed by atoms with Crippen molar-refractivity contribution in [3.8, 4) is 0 Å². The Morgan fingerprint density at radius 3 is 2.79 bits per heavy atom. The van der Waals surface area contributed by atoms with Crippen LogP contribution in [0.1, 0.15) is 16.8 Å². The van der Waals surface area contributed by atoms with Gasteiger partial charge in [-0.3, -0.25) is 10.1 Å². The van der Waals surface area contributed by atoms with Crippen molar-refractivity contribution in [2.45, 2.75) is 12.5 Å². The summed E-state index contributed by atoms with van der Waals surface area (Å²) < 4.78 is 9.57. The number of hydrogen-bond donors (Lipinski definition) is 0. The second-order valence-corrected chi connectivity index (χ2v) is 4.18. The Kier molecular flexibility index (Phi) is 3.66. The molecule has 1 saturated heterocycles. The number of carbonyl (C=O) groups is 2. The van der Waals surface area contributed by atoms with Gasteiger partial charge in [0.1, 0.15) is 0 Å². The van der Waals surface area contributed by atoms with Crippen molar-refractivity contribution < 1.29 is 24.0 Å². The van der Waals surface area contributed by atoms with Gasteiger partial charge >= 0.3 is 11.9 Å². The molecule has 1 aromatic rings. The molecule has 19 heavy (non-hydrogen) atoms. The van der Waals surface area contributed by atoms with Gasteiger partial charge in [0.15, 0.2) is 0 Å². The van der Waals surface area contributed by atoms with Crippen LogP contribution in [0.4, 0.5) is 5.69 Å². The first kappa shape index (κ1) is 13.3. The molecule has 1 aliphatic heterocycles. The summed E-state index contributed by atoms with van der Waals surface area (Å²) in [7, 11) is 0. The Labute approximate surface area is 112 Å². The molecule has 100 valence electrons. The molecular formula is C11H8ClNO6. The molecule has 1 aliphatic rings. The lowest BCUT2D eigenvalue weighted by Gasteiger charge is -2.09. The van der Waals surface area contributed by atoms with Crippen molar-refractivity contribution in [1.29, 1.82) is 0 Å². The monoisotopic (exact) mass is 285 g/mol. The number of nitrogens with zero attached hydrogens (tertiary/aromatic N) is 1. The van der Waals surface area contributed by atoms with E-state index < -0.39 is 23.0 Å². The Hall–Kier alpha value is -2.15. The van der Waals surface area contributed by atoms with E-state index >= 15 is 0 Å². The largest absolute Gasteiger partial charge is 0.463 e. The van der Waals surface area contributed by atoms with Gasteiger partial charge in [0, 0.05) is 18.6 Å². The van der Waals surface area contributed by atoms with Crippen molar-refractivity contribution in [1.82, 2.24) is 0 Å². The van der Waals surface area contributed by atoms with Gasteiger partial charge in [-0.05, 0) is 6.07 Å². The highest BCUT2D eigenvalue weighted by molar-refractivity contribution is 6.33. The van der Waals surface area contributed by atoms with Crippen LogP contribution in [0.2, 0.25) is 5.02 Å². The number of ether oxygens (including phenoxy) is 2. The van der Waals surface area contributed by atoms with Crippen LogP contribution in [-0.2, 0) is 14.3 Å². The number of benzene rings is 1. The minimum atomic E-state index is -0.946. The number of halogens is 1. The zero-order valence-corrected chi connectivity index (χ0v) is 10.3. The van der Waals surface area contributed by atoms with Crippen molar-refractivity contribution in [2.75, 3.05) is 6.61 Å². The third-order valence-corrected chi connectivity index (χ3v) is 2.83. The summed E-state index contributed by atoms with van der Waals surface area (Å²) in [6, 6.07) is 3.36. The number of nitro benzene ring substituents is 1. The molecule has 7 nitrogen and oxygen atoms in total. The first-order valence-electron chi connectivity index (χ1n) is 5.30. The topological polar surface area (TPSA) is 95.7 Å². The predicted molar refractivity (Wildman–Crippen MR) is 62.9 cm³/mol. The number of esters is 2. The summed E-state index contributed by atoms with van der Waals surface area (Å²) >= 11 is 5.77. The van der Waals surface area contributed by atoms with Crippen LogP contribution in [0.3, 0.4) is 0 Å². The highest BCUT2D eigenvalue weighted by atomic mass is 35.5. The van der Waals surface area contributed by atoms with E-state index in [9.17, 15) is 19.7 Å². The summed E-state index contributed by atoms with van der Waals surface area (Å²) in [5, 5.41) is 10.4. The van der Waals surface area contributed by atoms with Gasteiger partial charge in [-0.2, -0.15) is 0 Å². The summed E-state index contributed by atoms with van der Waals surface area (Å²) in [6.45, 7) is 0.199. The SMILES string of the molecule is O=C(O[C@@H]1CCOC1=O)c1ccc([N+](=O)[O-])cc1Cl. The maximum Gasteiger partial charge on any atom is 0.347 e. The molecule has 1 heterocycles. The van der Waals surface area contributed by atoms with Crippen molar-refractivity contribution in [3.63, 3.8) is 0 Å². The third kappa shape index (κ3) is 2.82. The van der Waals surface area contributed by atoms with E-state index in [2.05, 4.69) is 4.74 Å². The van der Waals surface area contributed by atoms with Gasteiger partial charge in [0.25, 0.3) is 5.69 Å². The first-order valence-corrected chi connectivity index (χ1v) is 5.68. The highest BCUT2D eigenvalue weighted by Gasteiger charge is 2.31. The molecule has 0 saturated carbocycles. The smallest absolute Gasteiger partial charge is 0.347 e. The summed E-state index contributed by atoms with van der Waals surface area (Å²) in [4.78, 5) is 32.8. The van der Waals surface area contributed by atoms with Gasteiger partial charge in [-0.25, -0.2) is 9.59 Å². The van der Waals surface area contributed by atoms with Crippen LogP contribution in [0.25, 0.3) is 0 Å². The molecule has 0 aromatic heterocycles. The van der Waals surface area contributed by atoms with E-state index in [4.69, 9.17) is 16.3 Å². The van der Waals surface area contributed by atoms with Gasteiger partial charge in [-0.1, -0.05) is 11.6 Å². The Morgan fingerprint density at radius 2 is 2.26 bits per heavy atom. The van der Waals surface area contributed by atoms with Gasteiger partial charge < -0.3 is 9.47 Å². The molecule has 0 amide bonds. The van der Waals surface area contributed by atoms with E-state index in [-0.39, 0.29) is 29.3 Å². The minimum Gasteiger partial charge on any atom is -0.463 e.